The first-order chi connectivity index (χ1) is 8.22. The van der Waals surface area contributed by atoms with Crippen molar-refractivity contribution in [3.8, 4) is 0 Å². The molecule has 17 heavy (non-hydrogen) atoms. The zero-order valence-electron chi connectivity index (χ0n) is 11.3. The molecule has 5 heteroatoms. The van der Waals surface area contributed by atoms with Gasteiger partial charge in [0.2, 0.25) is 0 Å². The number of nitrogens with one attached hydrogen (secondary N) is 1. The molecular weight excluding hydrogens is 214 g/mol. The lowest BCUT2D eigenvalue weighted by Crippen LogP contribution is -2.28. The van der Waals surface area contributed by atoms with Crippen LogP contribution in [0.1, 0.15) is 13.8 Å². The minimum Gasteiger partial charge on any atom is -0.358 e. The van der Waals surface area contributed by atoms with Crippen LogP contribution in [0, 0.1) is 0 Å². The van der Waals surface area contributed by atoms with E-state index in [4.69, 9.17) is 0 Å². The minimum atomic E-state index is 0.936. The van der Waals surface area contributed by atoms with Gasteiger partial charge in [-0.15, -0.1) is 0 Å². The number of hydrogen-bond donors (Lipinski definition) is 1. The molecule has 0 saturated carbocycles. The number of hydrogen-bond acceptors (Lipinski definition) is 5. The van der Waals surface area contributed by atoms with Crippen LogP contribution in [0.2, 0.25) is 0 Å². The zero-order chi connectivity index (χ0) is 12.7. The van der Waals surface area contributed by atoms with Gasteiger partial charge in [-0.2, -0.15) is 0 Å². The molecule has 0 atom stereocenters. The van der Waals surface area contributed by atoms with Crippen molar-refractivity contribution in [2.45, 2.75) is 13.8 Å². The van der Waals surface area contributed by atoms with Crippen molar-refractivity contribution in [3.05, 3.63) is 12.4 Å². The molecule has 1 rings (SSSR count). The van der Waals surface area contributed by atoms with E-state index < -0.39 is 0 Å². The Labute approximate surface area is 104 Å². The van der Waals surface area contributed by atoms with E-state index in [2.05, 4.69) is 38.9 Å². The predicted octanol–water partition coefficient (Wildman–Crippen LogP) is 0.978. The number of anilines is 2. The monoisotopic (exact) mass is 237 g/mol. The van der Waals surface area contributed by atoms with Crippen LogP contribution in [0.4, 0.5) is 11.6 Å². The highest BCUT2D eigenvalue weighted by Gasteiger charge is 2.07. The first-order valence-corrected chi connectivity index (χ1v) is 6.15. The summed E-state index contributed by atoms with van der Waals surface area (Å²) in [6, 6.07) is 2.04. The van der Waals surface area contributed by atoms with E-state index in [1.165, 1.54) is 0 Å². The van der Waals surface area contributed by atoms with Crippen LogP contribution in [0.5, 0.6) is 0 Å². The van der Waals surface area contributed by atoms with Gasteiger partial charge in [-0.05, 0) is 20.9 Å². The van der Waals surface area contributed by atoms with Crippen molar-refractivity contribution >= 4 is 11.6 Å². The number of likely N-dealkylation sites (N-methyl/N-ethyl adjacent to an activating group) is 2. The van der Waals surface area contributed by atoms with E-state index in [9.17, 15) is 0 Å². The van der Waals surface area contributed by atoms with Gasteiger partial charge in [0.15, 0.2) is 0 Å². The summed E-state index contributed by atoms with van der Waals surface area (Å²) in [6.07, 6.45) is 1.64. The highest BCUT2D eigenvalue weighted by atomic mass is 15.2. The van der Waals surface area contributed by atoms with Gasteiger partial charge in [0.1, 0.15) is 18.0 Å². The summed E-state index contributed by atoms with van der Waals surface area (Å²) in [4.78, 5) is 13.0. The molecule has 1 aromatic heterocycles. The first-order valence-electron chi connectivity index (χ1n) is 6.15. The molecule has 5 nitrogen and oxygen atoms in total. The van der Waals surface area contributed by atoms with Crippen molar-refractivity contribution in [1.29, 1.82) is 0 Å². The molecule has 0 spiro atoms. The summed E-state index contributed by atoms with van der Waals surface area (Å²) in [7, 11) is 4.00. The number of rotatable bonds is 7. The maximum Gasteiger partial charge on any atom is 0.134 e. The summed E-state index contributed by atoms with van der Waals surface area (Å²) in [5.41, 5.74) is 0. The van der Waals surface area contributed by atoms with Gasteiger partial charge in [-0.3, -0.25) is 0 Å². The minimum absolute atomic E-state index is 0.936. The van der Waals surface area contributed by atoms with Gasteiger partial charge in [0.25, 0.3) is 0 Å². The van der Waals surface area contributed by atoms with Crippen LogP contribution in [0.25, 0.3) is 0 Å². The van der Waals surface area contributed by atoms with Crippen molar-refractivity contribution in [2.75, 3.05) is 50.1 Å². The van der Waals surface area contributed by atoms with Crippen molar-refractivity contribution < 1.29 is 0 Å². The third-order valence-electron chi connectivity index (χ3n) is 2.81. The molecule has 0 aliphatic rings. The largest absolute Gasteiger partial charge is 0.358 e. The van der Waals surface area contributed by atoms with Gasteiger partial charge in [0.05, 0.1) is 0 Å². The second-order valence-corrected chi connectivity index (χ2v) is 3.93. The standard InChI is InChI=1S/C12H23N5/c1-5-17(6-2)12-9-11(14-10-15-12)16(4)8-7-13-3/h9-10,13H,5-8H2,1-4H3. The highest BCUT2D eigenvalue weighted by Crippen LogP contribution is 2.15. The van der Waals surface area contributed by atoms with E-state index in [0.717, 1.165) is 37.8 Å². The SMILES string of the molecule is CCN(CC)c1cc(N(C)CCNC)ncn1. The molecule has 1 N–H and O–H groups in total. The molecule has 0 bridgehead atoms. The molecular formula is C12H23N5. The van der Waals surface area contributed by atoms with Gasteiger partial charge in [-0.25, -0.2) is 9.97 Å². The maximum absolute atomic E-state index is 4.32. The van der Waals surface area contributed by atoms with E-state index in [-0.39, 0.29) is 0 Å². The first kappa shape index (κ1) is 13.7. The Morgan fingerprint density at radius 2 is 1.82 bits per heavy atom. The quantitative estimate of drug-likeness (QED) is 0.766. The number of aromatic nitrogens is 2. The maximum atomic E-state index is 4.32. The van der Waals surface area contributed by atoms with E-state index in [0.29, 0.717) is 0 Å². The second kappa shape index (κ2) is 7.06. The molecule has 0 aliphatic carbocycles. The molecule has 0 fully saturated rings. The third-order valence-corrected chi connectivity index (χ3v) is 2.81. The smallest absolute Gasteiger partial charge is 0.134 e. The Kier molecular flexibility index (Phi) is 5.69. The Hall–Kier alpha value is -1.36. The summed E-state index contributed by atoms with van der Waals surface area (Å²) in [5, 5.41) is 3.13. The molecule has 96 valence electrons. The van der Waals surface area contributed by atoms with Crippen LogP contribution in [0.15, 0.2) is 12.4 Å². The highest BCUT2D eigenvalue weighted by molar-refractivity contribution is 5.49. The summed E-state index contributed by atoms with van der Waals surface area (Å²) >= 11 is 0. The lowest BCUT2D eigenvalue weighted by atomic mass is 10.4. The average molecular weight is 237 g/mol. The van der Waals surface area contributed by atoms with Crippen LogP contribution >= 0.6 is 0 Å². The Balaban J connectivity index is 2.77. The summed E-state index contributed by atoms with van der Waals surface area (Å²) < 4.78 is 0. The van der Waals surface area contributed by atoms with Gasteiger partial charge < -0.3 is 15.1 Å². The number of nitrogens with zero attached hydrogens (tertiary/aromatic N) is 4. The van der Waals surface area contributed by atoms with Gasteiger partial charge in [0, 0.05) is 39.3 Å². The fraction of sp³-hybridized carbons (Fsp3) is 0.667. The average Bonchev–Trinajstić information content (AvgIpc) is 2.38. The second-order valence-electron chi connectivity index (χ2n) is 3.93. The molecule has 0 radical (unpaired) electrons. The molecule has 0 aliphatic heterocycles. The van der Waals surface area contributed by atoms with Crippen LogP contribution in [0.3, 0.4) is 0 Å². The van der Waals surface area contributed by atoms with E-state index >= 15 is 0 Å². The van der Waals surface area contributed by atoms with Crippen molar-refractivity contribution in [1.82, 2.24) is 15.3 Å². The van der Waals surface area contributed by atoms with Crippen LogP contribution in [-0.4, -0.2) is 50.2 Å². The molecule has 1 aromatic rings. The molecule has 0 unspecified atom stereocenters. The van der Waals surface area contributed by atoms with E-state index in [1.807, 2.05) is 20.2 Å². The third kappa shape index (κ3) is 3.85. The molecule has 1 heterocycles. The summed E-state index contributed by atoms with van der Waals surface area (Å²) in [5.74, 6) is 1.97. The Bertz CT molecular complexity index is 324. The Morgan fingerprint density at radius 3 is 2.41 bits per heavy atom. The Morgan fingerprint density at radius 1 is 1.18 bits per heavy atom. The lowest BCUT2D eigenvalue weighted by Gasteiger charge is -2.22. The van der Waals surface area contributed by atoms with E-state index in [1.54, 1.807) is 6.33 Å². The lowest BCUT2D eigenvalue weighted by molar-refractivity contribution is 0.758. The van der Waals surface area contributed by atoms with Gasteiger partial charge >= 0.3 is 0 Å². The van der Waals surface area contributed by atoms with Crippen LogP contribution in [-0.2, 0) is 0 Å². The fourth-order valence-electron chi connectivity index (χ4n) is 1.66. The fourth-order valence-corrected chi connectivity index (χ4v) is 1.66. The molecule has 0 amide bonds. The summed E-state index contributed by atoms with van der Waals surface area (Å²) in [6.45, 7) is 8.08. The van der Waals surface area contributed by atoms with Crippen molar-refractivity contribution in [3.63, 3.8) is 0 Å². The molecule has 0 aromatic carbocycles. The van der Waals surface area contributed by atoms with Crippen molar-refractivity contribution in [2.24, 2.45) is 0 Å². The zero-order valence-corrected chi connectivity index (χ0v) is 11.3. The van der Waals surface area contributed by atoms with Gasteiger partial charge in [-0.1, -0.05) is 0 Å². The van der Waals surface area contributed by atoms with Crippen LogP contribution < -0.4 is 15.1 Å². The topological polar surface area (TPSA) is 44.3 Å². The predicted molar refractivity (Wildman–Crippen MR) is 72.8 cm³/mol. The molecule has 0 saturated heterocycles. The normalized spacial score (nSPS) is 10.4.